The van der Waals surface area contributed by atoms with E-state index in [1.165, 1.54) is 24.9 Å². The minimum absolute atomic E-state index is 0.0850. The van der Waals surface area contributed by atoms with Crippen LogP contribution in [0, 0.1) is 0 Å². The number of piperidine rings is 1. The van der Waals surface area contributed by atoms with Crippen LogP contribution in [0.4, 0.5) is 5.69 Å². The molecule has 3 nitrogen and oxygen atoms in total. The molecule has 1 N–H and O–H groups in total. The number of fused-ring (bicyclic) bond motifs is 2. The Morgan fingerprint density at radius 1 is 1.25 bits per heavy atom. The predicted molar refractivity (Wildman–Crippen MR) is 81.9 cm³/mol. The second-order valence-corrected chi connectivity index (χ2v) is 6.25. The number of amides is 1. The van der Waals surface area contributed by atoms with Crippen LogP contribution < -0.4 is 5.32 Å². The van der Waals surface area contributed by atoms with E-state index in [1.54, 1.807) is 0 Å². The van der Waals surface area contributed by atoms with Gasteiger partial charge in [0.15, 0.2) is 0 Å². The van der Waals surface area contributed by atoms with Gasteiger partial charge in [-0.25, -0.2) is 0 Å². The van der Waals surface area contributed by atoms with Crippen molar-refractivity contribution in [1.82, 2.24) is 4.90 Å². The number of para-hydroxylation sites is 1. The number of anilines is 1. The van der Waals surface area contributed by atoms with Crippen molar-refractivity contribution in [3.05, 3.63) is 29.8 Å². The van der Waals surface area contributed by atoms with Crippen LogP contribution in [0.15, 0.2) is 24.3 Å². The van der Waals surface area contributed by atoms with Crippen molar-refractivity contribution in [3.8, 4) is 0 Å². The van der Waals surface area contributed by atoms with E-state index < -0.39 is 0 Å². The van der Waals surface area contributed by atoms with Gasteiger partial charge in [-0.15, -0.1) is 0 Å². The normalized spacial score (nSPS) is 21.6. The van der Waals surface area contributed by atoms with E-state index in [2.05, 4.69) is 29.3 Å². The summed E-state index contributed by atoms with van der Waals surface area (Å²) in [6, 6.07) is 8.35. The number of carbonyl (C=O) groups is 1. The molecule has 0 atom stereocenters. The van der Waals surface area contributed by atoms with Crippen molar-refractivity contribution in [3.63, 3.8) is 0 Å². The maximum atomic E-state index is 12.0. The minimum atomic E-state index is 0.0850. The maximum absolute atomic E-state index is 12.0. The van der Waals surface area contributed by atoms with E-state index in [0.29, 0.717) is 6.42 Å². The molecule has 20 heavy (non-hydrogen) atoms. The summed E-state index contributed by atoms with van der Waals surface area (Å²) in [7, 11) is 0. The molecule has 2 aliphatic rings. The Morgan fingerprint density at radius 2 is 2.00 bits per heavy atom. The molecule has 0 saturated carbocycles. The third-order valence-corrected chi connectivity index (χ3v) is 4.91. The zero-order valence-corrected chi connectivity index (χ0v) is 12.3. The van der Waals surface area contributed by atoms with Crippen molar-refractivity contribution in [2.45, 2.75) is 44.4 Å². The molecule has 1 amide bonds. The number of benzene rings is 1. The lowest BCUT2D eigenvalue weighted by Gasteiger charge is -2.44. The first-order chi connectivity index (χ1) is 9.73. The SMILES string of the molecule is CCCCN1CCC2(CC1)CC(=O)Nc1ccccc12. The van der Waals surface area contributed by atoms with E-state index >= 15 is 0 Å². The van der Waals surface area contributed by atoms with Gasteiger partial charge < -0.3 is 10.2 Å². The first-order valence-electron chi connectivity index (χ1n) is 7.85. The maximum Gasteiger partial charge on any atom is 0.225 e. The topological polar surface area (TPSA) is 32.3 Å². The molecule has 3 heteroatoms. The molecule has 3 rings (SSSR count). The number of likely N-dealkylation sites (tertiary alicyclic amines) is 1. The van der Waals surface area contributed by atoms with Crippen LogP contribution in [0.1, 0.15) is 44.6 Å². The van der Waals surface area contributed by atoms with Gasteiger partial charge in [-0.3, -0.25) is 4.79 Å². The zero-order valence-electron chi connectivity index (χ0n) is 12.3. The number of nitrogens with one attached hydrogen (secondary N) is 1. The molecular weight excluding hydrogens is 248 g/mol. The molecule has 0 bridgehead atoms. The molecule has 1 aromatic carbocycles. The third-order valence-electron chi connectivity index (χ3n) is 4.91. The predicted octanol–water partition coefficient (Wildman–Crippen LogP) is 3.16. The molecule has 2 heterocycles. The lowest BCUT2D eigenvalue weighted by molar-refractivity contribution is -0.118. The molecule has 0 unspecified atom stereocenters. The highest BCUT2D eigenvalue weighted by molar-refractivity contribution is 5.95. The summed E-state index contributed by atoms with van der Waals surface area (Å²) in [5.74, 6) is 0.186. The largest absolute Gasteiger partial charge is 0.326 e. The van der Waals surface area contributed by atoms with E-state index in [0.717, 1.165) is 31.6 Å². The van der Waals surface area contributed by atoms with Crippen LogP contribution in [0.2, 0.25) is 0 Å². The van der Waals surface area contributed by atoms with Crippen molar-refractivity contribution in [1.29, 1.82) is 0 Å². The Hall–Kier alpha value is -1.35. The Labute approximate surface area is 121 Å². The monoisotopic (exact) mass is 272 g/mol. The first kappa shape index (κ1) is 13.6. The van der Waals surface area contributed by atoms with Crippen LogP contribution >= 0.6 is 0 Å². The third kappa shape index (κ3) is 2.47. The van der Waals surface area contributed by atoms with E-state index in [-0.39, 0.29) is 11.3 Å². The van der Waals surface area contributed by atoms with Gasteiger partial charge in [-0.05, 0) is 50.5 Å². The lowest BCUT2D eigenvalue weighted by atomic mass is 9.68. The van der Waals surface area contributed by atoms with Crippen LogP contribution in [0.5, 0.6) is 0 Å². The molecule has 1 spiro atoms. The van der Waals surface area contributed by atoms with Gasteiger partial charge in [-0.2, -0.15) is 0 Å². The number of hydrogen-bond donors (Lipinski definition) is 1. The van der Waals surface area contributed by atoms with Gasteiger partial charge in [0.05, 0.1) is 0 Å². The number of carbonyl (C=O) groups excluding carboxylic acids is 1. The molecule has 0 radical (unpaired) electrons. The number of nitrogens with zero attached hydrogens (tertiary/aromatic N) is 1. The van der Waals surface area contributed by atoms with Gasteiger partial charge in [0.25, 0.3) is 0 Å². The molecule has 2 aliphatic heterocycles. The summed E-state index contributed by atoms with van der Waals surface area (Å²) in [6.45, 7) is 5.71. The molecule has 108 valence electrons. The summed E-state index contributed by atoms with van der Waals surface area (Å²) in [5.41, 5.74) is 2.47. The highest BCUT2D eigenvalue weighted by Gasteiger charge is 2.41. The fourth-order valence-corrected chi connectivity index (χ4v) is 3.68. The summed E-state index contributed by atoms with van der Waals surface area (Å²) < 4.78 is 0. The van der Waals surface area contributed by atoms with Crippen LogP contribution in [-0.4, -0.2) is 30.4 Å². The molecule has 0 aliphatic carbocycles. The van der Waals surface area contributed by atoms with Crippen LogP contribution in [0.3, 0.4) is 0 Å². The Morgan fingerprint density at radius 3 is 2.75 bits per heavy atom. The second kappa shape index (κ2) is 5.57. The molecule has 1 fully saturated rings. The highest BCUT2D eigenvalue weighted by Crippen LogP contribution is 2.44. The van der Waals surface area contributed by atoms with E-state index in [9.17, 15) is 4.79 Å². The number of rotatable bonds is 3. The van der Waals surface area contributed by atoms with Gasteiger partial charge >= 0.3 is 0 Å². The van der Waals surface area contributed by atoms with E-state index in [4.69, 9.17) is 0 Å². The Kier molecular flexibility index (Phi) is 3.79. The highest BCUT2D eigenvalue weighted by atomic mass is 16.1. The smallest absolute Gasteiger partial charge is 0.225 e. The Bertz CT molecular complexity index is 490. The average molecular weight is 272 g/mol. The quantitative estimate of drug-likeness (QED) is 0.916. The summed E-state index contributed by atoms with van der Waals surface area (Å²) >= 11 is 0. The summed E-state index contributed by atoms with van der Waals surface area (Å²) in [6.07, 6.45) is 5.42. The minimum Gasteiger partial charge on any atom is -0.326 e. The number of unbranched alkanes of at least 4 members (excludes halogenated alkanes) is 1. The fraction of sp³-hybridized carbons (Fsp3) is 0.588. The molecule has 1 saturated heterocycles. The Balaban J connectivity index is 1.79. The van der Waals surface area contributed by atoms with Crippen LogP contribution in [-0.2, 0) is 10.2 Å². The van der Waals surface area contributed by atoms with Gasteiger partial charge in [0, 0.05) is 17.5 Å². The molecule has 1 aromatic rings. The van der Waals surface area contributed by atoms with Crippen molar-refractivity contribution in [2.75, 3.05) is 25.0 Å². The second-order valence-electron chi connectivity index (χ2n) is 6.25. The average Bonchev–Trinajstić information content (AvgIpc) is 2.47. The molecule has 0 aromatic heterocycles. The van der Waals surface area contributed by atoms with Crippen molar-refractivity contribution in [2.24, 2.45) is 0 Å². The van der Waals surface area contributed by atoms with Gasteiger partial charge in [0.1, 0.15) is 0 Å². The van der Waals surface area contributed by atoms with Crippen LogP contribution in [0.25, 0.3) is 0 Å². The fourth-order valence-electron chi connectivity index (χ4n) is 3.68. The van der Waals surface area contributed by atoms with E-state index in [1.807, 2.05) is 12.1 Å². The van der Waals surface area contributed by atoms with Gasteiger partial charge in [0.2, 0.25) is 5.91 Å². The molecular formula is C17H24N2O. The lowest BCUT2D eigenvalue weighted by Crippen LogP contribution is -2.47. The standard InChI is InChI=1S/C17H24N2O/c1-2-3-10-19-11-8-17(9-12-19)13-16(20)18-15-7-5-4-6-14(15)17/h4-7H,2-3,8-13H2,1H3,(H,18,20). The van der Waals surface area contributed by atoms with Crippen molar-refractivity contribution >= 4 is 11.6 Å². The summed E-state index contributed by atoms with van der Waals surface area (Å²) in [4.78, 5) is 14.6. The zero-order chi connectivity index (χ0) is 14.0. The first-order valence-corrected chi connectivity index (χ1v) is 7.85. The summed E-state index contributed by atoms with van der Waals surface area (Å²) in [5, 5.41) is 3.02. The number of hydrogen-bond acceptors (Lipinski definition) is 2. The van der Waals surface area contributed by atoms with Gasteiger partial charge in [-0.1, -0.05) is 31.5 Å². The van der Waals surface area contributed by atoms with Crippen molar-refractivity contribution < 1.29 is 4.79 Å².